The lowest BCUT2D eigenvalue weighted by Crippen LogP contribution is -2.43. The van der Waals surface area contributed by atoms with Crippen LogP contribution in [-0.4, -0.2) is 29.6 Å². The van der Waals surface area contributed by atoms with Crippen LogP contribution in [0.1, 0.15) is 46.0 Å². The van der Waals surface area contributed by atoms with Crippen molar-refractivity contribution in [2.75, 3.05) is 18.8 Å². The first kappa shape index (κ1) is 13.3. The first-order valence-electron chi connectivity index (χ1n) is 6.93. The van der Waals surface area contributed by atoms with Crippen LogP contribution < -0.4 is 0 Å². The van der Waals surface area contributed by atoms with E-state index in [1.165, 1.54) is 25.7 Å². The lowest BCUT2D eigenvalue weighted by Gasteiger charge is -2.45. The maximum Gasteiger partial charge on any atom is 0.222 e. The number of hydrogen-bond acceptors (Lipinski definition) is 2. The second-order valence-corrected chi connectivity index (χ2v) is 6.84. The molecule has 0 spiro atoms. The molecule has 1 heterocycles. The van der Waals surface area contributed by atoms with Crippen molar-refractivity contribution >= 4 is 18.5 Å². The van der Waals surface area contributed by atoms with Crippen LogP contribution in [0.15, 0.2) is 0 Å². The summed E-state index contributed by atoms with van der Waals surface area (Å²) in [5.74, 6) is 2.44. The van der Waals surface area contributed by atoms with Gasteiger partial charge in [-0.25, -0.2) is 0 Å². The minimum absolute atomic E-state index is 0.360. The van der Waals surface area contributed by atoms with Gasteiger partial charge in [0.15, 0.2) is 0 Å². The van der Waals surface area contributed by atoms with Gasteiger partial charge >= 0.3 is 0 Å². The van der Waals surface area contributed by atoms with E-state index in [4.69, 9.17) is 0 Å². The summed E-state index contributed by atoms with van der Waals surface area (Å²) in [5.41, 5.74) is 0.454. The standard InChI is InChI=1S/C14H25NOS/c1-11(2)7-14(4-3-5-14)10-15-8-12(9-17)6-13(15)16/h11-12,17H,3-10H2,1-2H3. The van der Waals surface area contributed by atoms with Gasteiger partial charge < -0.3 is 4.90 Å². The summed E-state index contributed by atoms with van der Waals surface area (Å²) in [7, 11) is 0. The minimum atomic E-state index is 0.360. The Bertz CT molecular complexity index is 286. The zero-order valence-corrected chi connectivity index (χ0v) is 12.0. The molecule has 0 radical (unpaired) electrons. The molecule has 1 unspecified atom stereocenters. The molecule has 3 heteroatoms. The zero-order chi connectivity index (χ0) is 12.5. The van der Waals surface area contributed by atoms with Gasteiger partial charge in [0.1, 0.15) is 0 Å². The Morgan fingerprint density at radius 1 is 1.47 bits per heavy atom. The topological polar surface area (TPSA) is 20.3 Å². The van der Waals surface area contributed by atoms with Crippen LogP contribution >= 0.6 is 12.6 Å². The molecule has 1 aliphatic carbocycles. The number of nitrogens with zero attached hydrogens (tertiary/aromatic N) is 1. The molecule has 0 bridgehead atoms. The van der Waals surface area contributed by atoms with Gasteiger partial charge in [-0.3, -0.25) is 4.79 Å². The Hall–Kier alpha value is -0.180. The molecule has 2 aliphatic rings. The largest absolute Gasteiger partial charge is 0.342 e. The van der Waals surface area contributed by atoms with Crippen LogP contribution in [0.3, 0.4) is 0 Å². The van der Waals surface area contributed by atoms with Crippen molar-refractivity contribution < 1.29 is 4.79 Å². The number of hydrogen-bond donors (Lipinski definition) is 1. The van der Waals surface area contributed by atoms with Crippen LogP contribution in [0.2, 0.25) is 0 Å². The molecular formula is C14H25NOS. The van der Waals surface area contributed by atoms with Gasteiger partial charge in [-0.2, -0.15) is 12.6 Å². The van der Waals surface area contributed by atoms with Crippen LogP contribution in [0.4, 0.5) is 0 Å². The number of likely N-dealkylation sites (tertiary alicyclic amines) is 1. The summed E-state index contributed by atoms with van der Waals surface area (Å²) in [6.45, 7) is 6.54. The summed E-state index contributed by atoms with van der Waals surface area (Å²) in [5, 5.41) is 0. The maximum atomic E-state index is 11.9. The first-order chi connectivity index (χ1) is 8.04. The van der Waals surface area contributed by atoms with Gasteiger partial charge in [0.05, 0.1) is 0 Å². The summed E-state index contributed by atoms with van der Waals surface area (Å²) >= 11 is 4.32. The summed E-state index contributed by atoms with van der Waals surface area (Å²) in [4.78, 5) is 14.1. The van der Waals surface area contributed by atoms with E-state index in [2.05, 4.69) is 31.4 Å². The molecule has 0 aromatic rings. The van der Waals surface area contributed by atoms with E-state index in [1.807, 2.05) is 0 Å². The van der Waals surface area contributed by atoms with E-state index in [-0.39, 0.29) is 0 Å². The summed E-state index contributed by atoms with van der Waals surface area (Å²) in [6, 6.07) is 0. The van der Waals surface area contributed by atoms with Crippen molar-refractivity contribution in [3.05, 3.63) is 0 Å². The second-order valence-electron chi connectivity index (χ2n) is 6.48. The highest BCUT2D eigenvalue weighted by molar-refractivity contribution is 7.80. The number of rotatable bonds is 5. The Morgan fingerprint density at radius 2 is 2.18 bits per heavy atom. The molecule has 2 fully saturated rings. The SMILES string of the molecule is CC(C)CC1(CN2CC(CS)CC2=O)CCC1. The minimum Gasteiger partial charge on any atom is -0.342 e. The van der Waals surface area contributed by atoms with E-state index in [1.54, 1.807) is 0 Å². The van der Waals surface area contributed by atoms with Crippen LogP contribution in [0, 0.1) is 17.3 Å². The molecule has 98 valence electrons. The van der Waals surface area contributed by atoms with Crippen molar-refractivity contribution in [2.45, 2.75) is 46.0 Å². The second kappa shape index (κ2) is 5.21. The predicted octanol–water partition coefficient (Wildman–Crippen LogP) is 2.98. The van der Waals surface area contributed by atoms with Crippen molar-refractivity contribution in [1.29, 1.82) is 0 Å². The van der Waals surface area contributed by atoms with Crippen LogP contribution in [0.25, 0.3) is 0 Å². The molecular weight excluding hydrogens is 230 g/mol. The van der Waals surface area contributed by atoms with Gasteiger partial charge in [-0.05, 0) is 42.3 Å². The molecule has 1 atom stereocenters. The summed E-state index contributed by atoms with van der Waals surface area (Å²) < 4.78 is 0. The fourth-order valence-electron chi connectivity index (χ4n) is 3.50. The Labute approximate surface area is 111 Å². The highest BCUT2D eigenvalue weighted by atomic mass is 32.1. The Kier molecular flexibility index (Phi) is 4.06. The lowest BCUT2D eigenvalue weighted by atomic mass is 9.64. The molecule has 1 saturated carbocycles. The van der Waals surface area contributed by atoms with Gasteiger partial charge in [0.25, 0.3) is 0 Å². The summed E-state index contributed by atoms with van der Waals surface area (Å²) in [6.07, 6.45) is 6.00. The molecule has 1 saturated heterocycles. The number of carbonyl (C=O) groups excluding carboxylic acids is 1. The third-order valence-corrected chi connectivity index (χ3v) is 4.85. The Balaban J connectivity index is 1.93. The highest BCUT2D eigenvalue weighted by Crippen LogP contribution is 2.47. The van der Waals surface area contributed by atoms with E-state index >= 15 is 0 Å². The molecule has 1 amide bonds. The number of carbonyl (C=O) groups is 1. The van der Waals surface area contributed by atoms with E-state index in [0.29, 0.717) is 17.2 Å². The van der Waals surface area contributed by atoms with Crippen LogP contribution in [-0.2, 0) is 4.79 Å². The van der Waals surface area contributed by atoms with Crippen molar-refractivity contribution in [1.82, 2.24) is 4.90 Å². The monoisotopic (exact) mass is 255 g/mol. The maximum absolute atomic E-state index is 11.9. The average Bonchev–Trinajstić information content (AvgIpc) is 2.55. The smallest absolute Gasteiger partial charge is 0.222 e. The number of amides is 1. The van der Waals surface area contributed by atoms with Gasteiger partial charge in [0, 0.05) is 19.5 Å². The normalized spacial score (nSPS) is 27.6. The van der Waals surface area contributed by atoms with E-state index in [0.717, 1.165) is 31.2 Å². The fourth-order valence-corrected chi connectivity index (χ4v) is 3.75. The first-order valence-corrected chi connectivity index (χ1v) is 7.56. The predicted molar refractivity (Wildman–Crippen MR) is 74.3 cm³/mol. The highest BCUT2D eigenvalue weighted by Gasteiger charge is 2.41. The van der Waals surface area contributed by atoms with Crippen molar-refractivity contribution in [3.63, 3.8) is 0 Å². The molecule has 0 aromatic carbocycles. The average molecular weight is 255 g/mol. The third-order valence-electron chi connectivity index (χ3n) is 4.33. The van der Waals surface area contributed by atoms with Gasteiger partial charge in [-0.15, -0.1) is 0 Å². The molecule has 1 aliphatic heterocycles. The Morgan fingerprint density at radius 3 is 2.59 bits per heavy atom. The van der Waals surface area contributed by atoms with Gasteiger partial charge in [0.2, 0.25) is 5.91 Å². The molecule has 2 rings (SSSR count). The zero-order valence-electron chi connectivity index (χ0n) is 11.1. The molecule has 2 nitrogen and oxygen atoms in total. The third kappa shape index (κ3) is 2.98. The van der Waals surface area contributed by atoms with Crippen LogP contribution in [0.5, 0.6) is 0 Å². The number of thiol groups is 1. The van der Waals surface area contributed by atoms with Crippen molar-refractivity contribution in [2.24, 2.45) is 17.3 Å². The van der Waals surface area contributed by atoms with E-state index in [9.17, 15) is 4.79 Å². The molecule has 0 N–H and O–H groups in total. The van der Waals surface area contributed by atoms with E-state index < -0.39 is 0 Å². The molecule has 0 aromatic heterocycles. The lowest BCUT2D eigenvalue weighted by molar-refractivity contribution is -0.130. The molecule has 17 heavy (non-hydrogen) atoms. The quantitative estimate of drug-likeness (QED) is 0.749. The fraction of sp³-hybridized carbons (Fsp3) is 0.929. The van der Waals surface area contributed by atoms with Gasteiger partial charge in [-0.1, -0.05) is 20.3 Å². The van der Waals surface area contributed by atoms with Crippen molar-refractivity contribution in [3.8, 4) is 0 Å².